The molecule has 0 bridgehead atoms. The Labute approximate surface area is 109 Å². The van der Waals surface area contributed by atoms with Crippen molar-refractivity contribution in [1.82, 2.24) is 4.98 Å². The van der Waals surface area contributed by atoms with Gasteiger partial charge in [0.15, 0.2) is 17.8 Å². The van der Waals surface area contributed by atoms with Gasteiger partial charge in [-0.15, -0.1) is 0 Å². The number of carbonyl (C=O) groups excluding carboxylic acids is 1. The molecule has 5 heteroatoms. The van der Waals surface area contributed by atoms with Gasteiger partial charge in [-0.1, -0.05) is 6.07 Å². The molecule has 1 aromatic heterocycles. The first kappa shape index (κ1) is 11.5. The summed E-state index contributed by atoms with van der Waals surface area (Å²) >= 11 is 0. The molecule has 0 radical (unpaired) electrons. The average molecular weight is 257 g/mol. The SMILES string of the molecule is O=Cc1ccc(OCc2ccc3c(c2)OCO3)nc1. The Kier molecular flexibility index (Phi) is 3.02. The average Bonchev–Trinajstić information content (AvgIpc) is 2.93. The van der Waals surface area contributed by atoms with E-state index >= 15 is 0 Å². The highest BCUT2D eigenvalue weighted by Crippen LogP contribution is 2.32. The maximum absolute atomic E-state index is 10.5. The number of aromatic nitrogens is 1. The largest absolute Gasteiger partial charge is 0.473 e. The molecule has 0 spiro atoms. The third-order valence-electron chi connectivity index (χ3n) is 2.72. The summed E-state index contributed by atoms with van der Waals surface area (Å²) in [6, 6.07) is 8.96. The lowest BCUT2D eigenvalue weighted by atomic mass is 10.2. The van der Waals surface area contributed by atoms with Crippen LogP contribution in [0.25, 0.3) is 0 Å². The summed E-state index contributed by atoms with van der Waals surface area (Å²) in [5, 5.41) is 0. The maximum Gasteiger partial charge on any atom is 0.231 e. The number of aldehydes is 1. The van der Waals surface area contributed by atoms with E-state index in [1.165, 1.54) is 6.20 Å². The van der Waals surface area contributed by atoms with Crippen LogP contribution in [0.1, 0.15) is 15.9 Å². The second kappa shape index (κ2) is 4.97. The predicted octanol–water partition coefficient (Wildman–Crippen LogP) is 2.20. The molecule has 19 heavy (non-hydrogen) atoms. The molecule has 0 aliphatic carbocycles. The van der Waals surface area contributed by atoms with Crippen LogP contribution in [0, 0.1) is 0 Å². The van der Waals surface area contributed by atoms with Gasteiger partial charge in [-0.05, 0) is 23.8 Å². The van der Waals surface area contributed by atoms with E-state index in [1.807, 2.05) is 18.2 Å². The van der Waals surface area contributed by atoms with Crippen molar-refractivity contribution in [3.63, 3.8) is 0 Å². The van der Waals surface area contributed by atoms with Crippen molar-refractivity contribution in [2.75, 3.05) is 6.79 Å². The molecule has 1 aliphatic rings. The summed E-state index contributed by atoms with van der Waals surface area (Å²) < 4.78 is 16.1. The van der Waals surface area contributed by atoms with E-state index in [2.05, 4.69) is 4.98 Å². The normalized spacial score (nSPS) is 12.2. The number of nitrogens with zero attached hydrogens (tertiary/aromatic N) is 1. The molecule has 0 amide bonds. The van der Waals surface area contributed by atoms with E-state index in [1.54, 1.807) is 12.1 Å². The Morgan fingerprint density at radius 1 is 1.21 bits per heavy atom. The van der Waals surface area contributed by atoms with Crippen molar-refractivity contribution in [2.45, 2.75) is 6.61 Å². The summed E-state index contributed by atoms with van der Waals surface area (Å²) in [6.07, 6.45) is 2.22. The molecule has 2 heterocycles. The highest BCUT2D eigenvalue weighted by molar-refractivity contribution is 5.73. The van der Waals surface area contributed by atoms with E-state index < -0.39 is 0 Å². The molecule has 0 saturated heterocycles. The third kappa shape index (κ3) is 2.49. The second-order valence-corrected chi connectivity index (χ2v) is 4.02. The summed E-state index contributed by atoms with van der Waals surface area (Å²) in [7, 11) is 0. The predicted molar refractivity (Wildman–Crippen MR) is 66.5 cm³/mol. The number of pyridine rings is 1. The zero-order chi connectivity index (χ0) is 13.1. The number of carbonyl (C=O) groups is 1. The van der Waals surface area contributed by atoms with E-state index in [9.17, 15) is 4.79 Å². The molecule has 0 atom stereocenters. The van der Waals surface area contributed by atoms with Crippen LogP contribution in [0.5, 0.6) is 17.4 Å². The molecule has 0 N–H and O–H groups in total. The van der Waals surface area contributed by atoms with Crippen LogP contribution in [0.3, 0.4) is 0 Å². The molecule has 96 valence electrons. The Morgan fingerprint density at radius 2 is 2.11 bits per heavy atom. The van der Waals surface area contributed by atoms with Gasteiger partial charge in [0.25, 0.3) is 0 Å². The van der Waals surface area contributed by atoms with Crippen LogP contribution in [0.15, 0.2) is 36.5 Å². The number of hydrogen-bond donors (Lipinski definition) is 0. The molecule has 1 aliphatic heterocycles. The lowest BCUT2D eigenvalue weighted by molar-refractivity contribution is 0.112. The molecule has 1 aromatic carbocycles. The molecule has 0 fully saturated rings. The zero-order valence-electron chi connectivity index (χ0n) is 10.0. The number of ether oxygens (including phenoxy) is 3. The second-order valence-electron chi connectivity index (χ2n) is 4.02. The summed E-state index contributed by atoms with van der Waals surface area (Å²) in [5.41, 5.74) is 1.49. The van der Waals surface area contributed by atoms with Crippen LogP contribution < -0.4 is 14.2 Å². The number of rotatable bonds is 4. The number of hydrogen-bond acceptors (Lipinski definition) is 5. The zero-order valence-corrected chi connectivity index (χ0v) is 10.0. The van der Waals surface area contributed by atoms with Gasteiger partial charge in [-0.3, -0.25) is 4.79 Å². The molecular formula is C14H11NO4. The topological polar surface area (TPSA) is 57.7 Å². The molecule has 3 rings (SSSR count). The minimum absolute atomic E-state index is 0.258. The van der Waals surface area contributed by atoms with Gasteiger partial charge in [0.05, 0.1) is 0 Å². The van der Waals surface area contributed by atoms with Gasteiger partial charge in [-0.2, -0.15) is 0 Å². The highest BCUT2D eigenvalue weighted by Gasteiger charge is 2.13. The van der Waals surface area contributed by atoms with Crippen molar-refractivity contribution in [2.24, 2.45) is 0 Å². The minimum Gasteiger partial charge on any atom is -0.473 e. The van der Waals surface area contributed by atoms with Crippen molar-refractivity contribution in [3.8, 4) is 17.4 Å². The van der Waals surface area contributed by atoms with Crippen LogP contribution in [-0.4, -0.2) is 18.1 Å². The van der Waals surface area contributed by atoms with Crippen LogP contribution in [0.2, 0.25) is 0 Å². The standard InChI is InChI=1S/C14H11NO4/c16-7-11-2-4-14(15-6-11)17-8-10-1-3-12-13(5-10)19-9-18-12/h1-7H,8-9H2. The monoisotopic (exact) mass is 257 g/mol. The minimum atomic E-state index is 0.258. The molecule has 5 nitrogen and oxygen atoms in total. The van der Waals surface area contributed by atoms with Crippen molar-refractivity contribution >= 4 is 6.29 Å². The first-order valence-corrected chi connectivity index (χ1v) is 5.78. The van der Waals surface area contributed by atoms with E-state index in [0.717, 1.165) is 23.3 Å². The van der Waals surface area contributed by atoms with E-state index in [-0.39, 0.29) is 6.79 Å². The van der Waals surface area contributed by atoms with E-state index in [4.69, 9.17) is 14.2 Å². The Bertz CT molecular complexity index is 595. The molecular weight excluding hydrogens is 246 g/mol. The van der Waals surface area contributed by atoms with E-state index in [0.29, 0.717) is 18.1 Å². The third-order valence-corrected chi connectivity index (χ3v) is 2.72. The highest BCUT2D eigenvalue weighted by atomic mass is 16.7. The molecule has 0 unspecified atom stereocenters. The first-order chi connectivity index (χ1) is 9.35. The number of fused-ring (bicyclic) bond motifs is 1. The summed E-state index contributed by atoms with van der Waals surface area (Å²) in [6.45, 7) is 0.637. The fraction of sp³-hybridized carbons (Fsp3) is 0.143. The van der Waals surface area contributed by atoms with Crippen molar-refractivity contribution < 1.29 is 19.0 Å². The fourth-order valence-electron chi connectivity index (χ4n) is 1.73. The number of benzene rings is 1. The lowest BCUT2D eigenvalue weighted by Gasteiger charge is -2.06. The molecule has 0 saturated carbocycles. The van der Waals surface area contributed by atoms with Gasteiger partial charge >= 0.3 is 0 Å². The smallest absolute Gasteiger partial charge is 0.231 e. The maximum atomic E-state index is 10.5. The Hall–Kier alpha value is -2.56. The van der Waals surface area contributed by atoms with Gasteiger partial charge < -0.3 is 14.2 Å². The molecule has 2 aromatic rings. The first-order valence-electron chi connectivity index (χ1n) is 5.78. The van der Waals surface area contributed by atoms with Crippen molar-refractivity contribution in [1.29, 1.82) is 0 Å². The van der Waals surface area contributed by atoms with Crippen LogP contribution in [0.4, 0.5) is 0 Å². The van der Waals surface area contributed by atoms with Gasteiger partial charge in [0.2, 0.25) is 12.7 Å². The fourth-order valence-corrected chi connectivity index (χ4v) is 1.73. The summed E-state index contributed by atoms with van der Waals surface area (Å²) in [5.74, 6) is 1.95. The quantitative estimate of drug-likeness (QED) is 0.786. The summed E-state index contributed by atoms with van der Waals surface area (Å²) in [4.78, 5) is 14.5. The lowest BCUT2D eigenvalue weighted by Crippen LogP contribution is -1.97. The van der Waals surface area contributed by atoms with Gasteiger partial charge in [-0.25, -0.2) is 4.98 Å². The van der Waals surface area contributed by atoms with Crippen LogP contribution in [-0.2, 0) is 6.61 Å². The Morgan fingerprint density at radius 3 is 2.89 bits per heavy atom. The van der Waals surface area contributed by atoms with Crippen LogP contribution >= 0.6 is 0 Å². The van der Waals surface area contributed by atoms with Gasteiger partial charge in [0, 0.05) is 17.8 Å². The Balaban J connectivity index is 1.66. The van der Waals surface area contributed by atoms with Crippen molar-refractivity contribution in [3.05, 3.63) is 47.7 Å². The van der Waals surface area contributed by atoms with Gasteiger partial charge in [0.1, 0.15) is 6.61 Å².